The number of hydrogen-bond donors (Lipinski definition) is 0. The molecule has 0 saturated heterocycles. The molecule has 3 rings (SSSR count). The minimum Gasteiger partial charge on any atom is -0.484 e. The first-order chi connectivity index (χ1) is 11.5. The lowest BCUT2D eigenvalue weighted by molar-refractivity contribution is -0.135. The third-order valence-electron chi connectivity index (χ3n) is 4.10. The number of amides is 1. The second-order valence-corrected chi connectivity index (χ2v) is 6.37. The van der Waals surface area contributed by atoms with Crippen molar-refractivity contribution in [3.05, 3.63) is 41.7 Å². The summed E-state index contributed by atoms with van der Waals surface area (Å²) in [6, 6.07) is 5.74. The highest BCUT2D eigenvalue weighted by molar-refractivity contribution is 5.77. The summed E-state index contributed by atoms with van der Waals surface area (Å²) in [5.41, 5.74) is 0. The van der Waals surface area contributed by atoms with Crippen molar-refractivity contribution in [1.29, 1.82) is 0 Å². The Morgan fingerprint density at radius 2 is 2.04 bits per heavy atom. The topological polar surface area (TPSA) is 60.2 Å². The number of nitrogens with zero attached hydrogens (tertiary/aromatic N) is 4. The average molecular weight is 332 g/mol. The van der Waals surface area contributed by atoms with Gasteiger partial charge in [0.25, 0.3) is 5.91 Å². The minimum atomic E-state index is -0.334. The molecule has 0 aliphatic carbocycles. The smallest absolute Gasteiger partial charge is 0.260 e. The van der Waals surface area contributed by atoms with Crippen molar-refractivity contribution < 1.29 is 13.9 Å². The summed E-state index contributed by atoms with van der Waals surface area (Å²) >= 11 is 0. The van der Waals surface area contributed by atoms with Gasteiger partial charge in [-0.2, -0.15) is 0 Å². The molecule has 0 saturated carbocycles. The Kier molecular flexibility index (Phi) is 4.51. The maximum absolute atomic E-state index is 12.9. The number of ether oxygens (including phenoxy) is 1. The van der Waals surface area contributed by atoms with E-state index in [4.69, 9.17) is 4.74 Å². The Hall–Kier alpha value is -2.44. The normalized spacial score (nSPS) is 17.0. The molecule has 2 heterocycles. The number of rotatable bonds is 4. The third kappa shape index (κ3) is 3.25. The van der Waals surface area contributed by atoms with E-state index in [0.29, 0.717) is 18.8 Å². The highest BCUT2D eigenvalue weighted by Crippen LogP contribution is 2.25. The fourth-order valence-corrected chi connectivity index (χ4v) is 2.91. The Balaban J connectivity index is 1.65. The first kappa shape index (κ1) is 16.4. The van der Waals surface area contributed by atoms with Gasteiger partial charge in [0.05, 0.1) is 12.6 Å². The van der Waals surface area contributed by atoms with Crippen LogP contribution in [-0.2, 0) is 11.3 Å². The van der Waals surface area contributed by atoms with Gasteiger partial charge < -0.3 is 14.2 Å². The summed E-state index contributed by atoms with van der Waals surface area (Å²) in [5, 5.41) is 8.48. The summed E-state index contributed by atoms with van der Waals surface area (Å²) in [5.74, 6) is 2.06. The zero-order chi connectivity index (χ0) is 17.3. The fraction of sp³-hybridized carbons (Fsp3) is 0.471. The maximum Gasteiger partial charge on any atom is 0.260 e. The number of hydrogen-bond acceptors (Lipinski definition) is 4. The molecule has 0 spiro atoms. The molecule has 1 amide bonds. The summed E-state index contributed by atoms with van der Waals surface area (Å²) in [6.07, 6.45) is 0. The number of fused-ring (bicyclic) bond motifs is 1. The zero-order valence-electron chi connectivity index (χ0n) is 14.1. The van der Waals surface area contributed by atoms with E-state index in [2.05, 4.69) is 35.5 Å². The molecule has 0 fully saturated rings. The van der Waals surface area contributed by atoms with Gasteiger partial charge in [0.2, 0.25) is 0 Å². The van der Waals surface area contributed by atoms with Crippen LogP contribution in [0.1, 0.15) is 44.4 Å². The van der Waals surface area contributed by atoms with Crippen molar-refractivity contribution in [3.63, 3.8) is 0 Å². The summed E-state index contributed by atoms with van der Waals surface area (Å²) in [4.78, 5) is 14.1. The second kappa shape index (κ2) is 6.59. The van der Waals surface area contributed by atoms with Crippen LogP contribution < -0.4 is 4.74 Å². The fourth-order valence-electron chi connectivity index (χ4n) is 2.91. The predicted molar refractivity (Wildman–Crippen MR) is 86.1 cm³/mol. The molecule has 1 aromatic heterocycles. The number of benzene rings is 1. The van der Waals surface area contributed by atoms with Gasteiger partial charge in [-0.05, 0) is 31.2 Å². The van der Waals surface area contributed by atoms with Gasteiger partial charge in [0.1, 0.15) is 17.4 Å². The molecule has 1 aliphatic rings. The zero-order valence-corrected chi connectivity index (χ0v) is 14.1. The summed E-state index contributed by atoms with van der Waals surface area (Å²) in [7, 11) is 0. The van der Waals surface area contributed by atoms with E-state index >= 15 is 0 Å². The van der Waals surface area contributed by atoms with Crippen LogP contribution in [0.2, 0.25) is 0 Å². The molecule has 7 heteroatoms. The maximum atomic E-state index is 12.9. The Bertz CT molecular complexity index is 727. The van der Waals surface area contributed by atoms with Gasteiger partial charge in [-0.15, -0.1) is 10.2 Å². The number of aromatic nitrogens is 3. The van der Waals surface area contributed by atoms with Crippen LogP contribution in [0.3, 0.4) is 0 Å². The van der Waals surface area contributed by atoms with Gasteiger partial charge in [0, 0.05) is 12.5 Å². The number of carbonyl (C=O) groups is 1. The van der Waals surface area contributed by atoms with Crippen molar-refractivity contribution in [3.8, 4) is 5.75 Å². The second-order valence-electron chi connectivity index (χ2n) is 6.37. The lowest BCUT2D eigenvalue weighted by Crippen LogP contribution is -2.42. The number of halogens is 1. The van der Waals surface area contributed by atoms with E-state index in [1.165, 1.54) is 24.3 Å². The molecule has 0 bridgehead atoms. The van der Waals surface area contributed by atoms with Crippen LogP contribution in [0.5, 0.6) is 5.75 Å². The Morgan fingerprint density at radius 3 is 2.71 bits per heavy atom. The molecule has 1 aromatic carbocycles. The van der Waals surface area contributed by atoms with Crippen LogP contribution in [0.4, 0.5) is 4.39 Å². The third-order valence-corrected chi connectivity index (χ3v) is 4.10. The van der Waals surface area contributed by atoms with E-state index < -0.39 is 0 Å². The molecule has 1 atom stereocenters. The number of carbonyl (C=O) groups excluding carboxylic acids is 1. The highest BCUT2D eigenvalue weighted by Gasteiger charge is 2.29. The highest BCUT2D eigenvalue weighted by atomic mass is 19.1. The summed E-state index contributed by atoms with van der Waals surface area (Å²) < 4.78 is 20.4. The van der Waals surface area contributed by atoms with E-state index in [-0.39, 0.29) is 30.3 Å². The van der Waals surface area contributed by atoms with Crippen LogP contribution in [0, 0.1) is 5.82 Å². The molecule has 0 radical (unpaired) electrons. The average Bonchev–Trinajstić information content (AvgIpc) is 2.99. The molecular weight excluding hydrogens is 311 g/mol. The monoisotopic (exact) mass is 332 g/mol. The molecular formula is C17H21FN4O2. The van der Waals surface area contributed by atoms with Crippen LogP contribution >= 0.6 is 0 Å². The van der Waals surface area contributed by atoms with Gasteiger partial charge in [-0.25, -0.2) is 4.39 Å². The molecule has 24 heavy (non-hydrogen) atoms. The first-order valence-corrected chi connectivity index (χ1v) is 8.05. The quantitative estimate of drug-likeness (QED) is 0.863. The van der Waals surface area contributed by atoms with Crippen molar-refractivity contribution in [1.82, 2.24) is 19.7 Å². The van der Waals surface area contributed by atoms with E-state index in [0.717, 1.165) is 11.6 Å². The predicted octanol–water partition coefficient (Wildman–Crippen LogP) is 2.52. The van der Waals surface area contributed by atoms with Gasteiger partial charge in [0.15, 0.2) is 12.4 Å². The molecule has 0 N–H and O–H groups in total. The van der Waals surface area contributed by atoms with Crippen LogP contribution in [0.25, 0.3) is 0 Å². The molecule has 0 unspecified atom stereocenters. The lowest BCUT2D eigenvalue weighted by atomic mass is 10.1. The molecule has 2 aromatic rings. The van der Waals surface area contributed by atoms with Crippen LogP contribution in [0.15, 0.2) is 24.3 Å². The van der Waals surface area contributed by atoms with Crippen molar-refractivity contribution >= 4 is 5.91 Å². The van der Waals surface area contributed by atoms with E-state index in [1.807, 2.05) is 0 Å². The van der Waals surface area contributed by atoms with Crippen LogP contribution in [-0.4, -0.2) is 38.7 Å². The van der Waals surface area contributed by atoms with E-state index in [1.54, 1.807) is 4.90 Å². The summed E-state index contributed by atoms with van der Waals surface area (Å²) in [6.45, 7) is 7.16. The standard InChI is InChI=1S/C17H21FN4O2/c1-11(2)17-20-19-15-9-21(8-12(3)22(15)17)16(23)10-24-14-6-4-13(18)5-7-14/h4-7,11-12H,8-10H2,1-3H3/t12-/m0/s1. The van der Waals surface area contributed by atoms with E-state index in [9.17, 15) is 9.18 Å². The molecule has 6 nitrogen and oxygen atoms in total. The van der Waals surface area contributed by atoms with Crippen molar-refractivity contribution in [2.75, 3.05) is 13.2 Å². The SMILES string of the molecule is CC(C)c1nnc2n1[C@@H](C)CN(C(=O)COc1ccc(F)cc1)C2. The Morgan fingerprint density at radius 1 is 1.33 bits per heavy atom. The molecule has 128 valence electrons. The lowest BCUT2D eigenvalue weighted by Gasteiger charge is -2.33. The largest absolute Gasteiger partial charge is 0.484 e. The Labute approximate surface area is 140 Å². The first-order valence-electron chi connectivity index (χ1n) is 8.05. The van der Waals surface area contributed by atoms with Crippen molar-refractivity contribution in [2.45, 2.75) is 39.3 Å². The van der Waals surface area contributed by atoms with Crippen molar-refractivity contribution in [2.24, 2.45) is 0 Å². The minimum absolute atomic E-state index is 0.0798. The molecule has 1 aliphatic heterocycles. The van der Waals surface area contributed by atoms with Gasteiger partial charge in [-0.1, -0.05) is 13.8 Å². The van der Waals surface area contributed by atoms with Gasteiger partial charge >= 0.3 is 0 Å². The van der Waals surface area contributed by atoms with Gasteiger partial charge in [-0.3, -0.25) is 4.79 Å².